The van der Waals surface area contributed by atoms with Crippen LogP contribution in [0.25, 0.3) is 0 Å². The van der Waals surface area contributed by atoms with Gasteiger partial charge in [-0.2, -0.15) is 5.10 Å². The van der Waals surface area contributed by atoms with Crippen molar-refractivity contribution in [2.75, 3.05) is 44.8 Å². The summed E-state index contributed by atoms with van der Waals surface area (Å²) in [5, 5.41) is 11.9. The number of aromatic nitrogens is 2. The number of methoxy groups -OCH3 is 1. The fourth-order valence-electron chi connectivity index (χ4n) is 3.67. The average molecular weight is 368 g/mol. The summed E-state index contributed by atoms with van der Waals surface area (Å²) in [6.07, 6.45) is 0. The highest BCUT2D eigenvalue weighted by atomic mass is 35.5. The summed E-state index contributed by atoms with van der Waals surface area (Å²) >= 11 is 6.02. The van der Waals surface area contributed by atoms with Crippen molar-refractivity contribution in [3.63, 3.8) is 0 Å². The molecule has 7 nitrogen and oxygen atoms in total. The van der Waals surface area contributed by atoms with Gasteiger partial charge in [-0.3, -0.25) is 9.69 Å². The van der Waals surface area contributed by atoms with Crippen LogP contribution in [0.2, 0.25) is 5.15 Å². The van der Waals surface area contributed by atoms with Crippen LogP contribution in [0.5, 0.6) is 0 Å². The summed E-state index contributed by atoms with van der Waals surface area (Å²) < 4.78 is 5.32. The lowest BCUT2D eigenvalue weighted by atomic mass is 9.92. The lowest BCUT2D eigenvalue weighted by molar-refractivity contribution is -0.121. The molecule has 2 aliphatic rings. The van der Waals surface area contributed by atoms with E-state index >= 15 is 0 Å². The highest BCUT2D eigenvalue weighted by Gasteiger charge is 2.41. The Kier molecular flexibility index (Phi) is 5.29. The lowest BCUT2D eigenvalue weighted by Crippen LogP contribution is -2.59. The SMILES string of the molecule is COC[C@H]1CN[C@H](C)CN1CC(=O)N1CC(C)(C)c2nnc(Cl)cc21. The number of ether oxygens (including phenoxy) is 1. The molecule has 0 bridgehead atoms. The van der Waals surface area contributed by atoms with Gasteiger partial charge in [0.1, 0.15) is 0 Å². The second-order valence-corrected chi connectivity index (χ2v) is 8.00. The van der Waals surface area contributed by atoms with Crippen LogP contribution in [0.3, 0.4) is 0 Å². The zero-order valence-electron chi connectivity index (χ0n) is 15.3. The number of rotatable bonds is 4. The van der Waals surface area contributed by atoms with E-state index in [1.807, 2.05) is 0 Å². The fraction of sp³-hybridized carbons (Fsp3) is 0.706. The number of piperazine rings is 1. The third kappa shape index (κ3) is 3.79. The van der Waals surface area contributed by atoms with Gasteiger partial charge in [0, 0.05) is 50.3 Å². The Hall–Kier alpha value is -1.28. The molecule has 0 spiro atoms. The van der Waals surface area contributed by atoms with Crippen molar-refractivity contribution in [3.8, 4) is 0 Å². The molecule has 2 aliphatic heterocycles. The van der Waals surface area contributed by atoms with E-state index in [4.69, 9.17) is 16.3 Å². The van der Waals surface area contributed by atoms with E-state index in [-0.39, 0.29) is 17.4 Å². The number of anilines is 1. The topological polar surface area (TPSA) is 70.6 Å². The van der Waals surface area contributed by atoms with Crippen LogP contribution in [-0.2, 0) is 14.9 Å². The van der Waals surface area contributed by atoms with E-state index in [9.17, 15) is 4.79 Å². The minimum atomic E-state index is -0.231. The molecule has 0 radical (unpaired) electrons. The summed E-state index contributed by atoms with van der Waals surface area (Å²) in [5.41, 5.74) is 1.37. The third-order valence-electron chi connectivity index (χ3n) is 4.95. The molecule has 0 aliphatic carbocycles. The molecule has 1 saturated heterocycles. The fourth-order valence-corrected chi connectivity index (χ4v) is 3.81. The second kappa shape index (κ2) is 7.15. The molecule has 0 aromatic carbocycles. The van der Waals surface area contributed by atoms with E-state index in [1.54, 1.807) is 18.1 Å². The molecule has 1 fully saturated rings. The van der Waals surface area contributed by atoms with Gasteiger partial charge in [-0.25, -0.2) is 0 Å². The summed E-state index contributed by atoms with van der Waals surface area (Å²) in [6.45, 7) is 9.46. The van der Waals surface area contributed by atoms with Crippen molar-refractivity contribution < 1.29 is 9.53 Å². The molecule has 2 atom stereocenters. The molecular formula is C17H26ClN5O2. The Morgan fingerprint density at radius 1 is 1.48 bits per heavy atom. The van der Waals surface area contributed by atoms with Gasteiger partial charge in [0.2, 0.25) is 5.91 Å². The molecule has 3 rings (SSSR count). The number of nitrogens with zero attached hydrogens (tertiary/aromatic N) is 4. The number of amides is 1. The van der Waals surface area contributed by atoms with Crippen molar-refractivity contribution in [3.05, 3.63) is 16.9 Å². The maximum atomic E-state index is 13.1. The number of halogens is 1. The standard InChI is InChI=1S/C17H26ClN5O2/c1-11-7-22(12(6-19-11)9-25-4)8-15(24)23-10-17(2,3)16-13(23)5-14(18)20-21-16/h5,11-12,19H,6-10H2,1-4H3/t11-,12-/m1/s1. The number of carbonyl (C=O) groups excluding carboxylic acids is 1. The summed E-state index contributed by atoms with van der Waals surface area (Å²) in [7, 11) is 1.69. The highest BCUT2D eigenvalue weighted by molar-refractivity contribution is 6.29. The van der Waals surface area contributed by atoms with Crippen LogP contribution in [0, 0.1) is 0 Å². The zero-order chi connectivity index (χ0) is 18.2. The Morgan fingerprint density at radius 3 is 2.96 bits per heavy atom. The van der Waals surface area contributed by atoms with Crippen LogP contribution < -0.4 is 10.2 Å². The molecule has 25 heavy (non-hydrogen) atoms. The predicted octanol–water partition coefficient (Wildman–Crippen LogP) is 1.06. The maximum Gasteiger partial charge on any atom is 0.241 e. The van der Waals surface area contributed by atoms with Crippen LogP contribution >= 0.6 is 11.6 Å². The first kappa shape index (κ1) is 18.5. The minimum Gasteiger partial charge on any atom is -0.383 e. The van der Waals surface area contributed by atoms with Gasteiger partial charge in [-0.1, -0.05) is 25.4 Å². The number of hydrogen-bond acceptors (Lipinski definition) is 6. The van der Waals surface area contributed by atoms with Gasteiger partial charge in [0.15, 0.2) is 5.15 Å². The monoisotopic (exact) mass is 367 g/mol. The molecule has 0 unspecified atom stereocenters. The third-order valence-corrected chi connectivity index (χ3v) is 5.14. The smallest absolute Gasteiger partial charge is 0.241 e. The minimum absolute atomic E-state index is 0.0612. The predicted molar refractivity (Wildman–Crippen MR) is 97.1 cm³/mol. The number of nitrogens with one attached hydrogen (secondary N) is 1. The van der Waals surface area contributed by atoms with Crippen LogP contribution in [-0.4, -0.2) is 73.0 Å². The van der Waals surface area contributed by atoms with Gasteiger partial charge < -0.3 is 15.0 Å². The van der Waals surface area contributed by atoms with Crippen LogP contribution in [0.15, 0.2) is 6.07 Å². The summed E-state index contributed by atoms with van der Waals surface area (Å²) in [4.78, 5) is 17.1. The Labute approximate surface area is 153 Å². The molecule has 8 heteroatoms. The highest BCUT2D eigenvalue weighted by Crippen LogP contribution is 2.39. The Morgan fingerprint density at radius 2 is 2.24 bits per heavy atom. The summed E-state index contributed by atoms with van der Waals surface area (Å²) in [6, 6.07) is 2.28. The zero-order valence-corrected chi connectivity index (χ0v) is 16.0. The molecule has 3 heterocycles. The number of hydrogen-bond donors (Lipinski definition) is 1. The van der Waals surface area contributed by atoms with Gasteiger partial charge in [-0.05, 0) is 6.92 Å². The lowest BCUT2D eigenvalue weighted by Gasteiger charge is -2.39. The van der Waals surface area contributed by atoms with Gasteiger partial charge in [-0.15, -0.1) is 5.10 Å². The van der Waals surface area contributed by atoms with Crippen molar-refractivity contribution >= 4 is 23.2 Å². The average Bonchev–Trinajstić information content (AvgIpc) is 2.81. The largest absolute Gasteiger partial charge is 0.383 e. The first-order valence-corrected chi connectivity index (χ1v) is 9.00. The maximum absolute atomic E-state index is 13.1. The van der Waals surface area contributed by atoms with Crippen molar-refractivity contribution in [1.82, 2.24) is 20.4 Å². The molecular weight excluding hydrogens is 342 g/mol. The van der Waals surface area contributed by atoms with Gasteiger partial charge in [0.05, 0.1) is 24.5 Å². The van der Waals surface area contributed by atoms with E-state index < -0.39 is 0 Å². The normalized spacial score (nSPS) is 25.9. The van der Waals surface area contributed by atoms with Gasteiger partial charge >= 0.3 is 0 Å². The second-order valence-electron chi connectivity index (χ2n) is 7.61. The van der Waals surface area contributed by atoms with Crippen LogP contribution in [0.1, 0.15) is 26.5 Å². The molecule has 1 N–H and O–H groups in total. The molecule has 0 saturated carbocycles. The molecule has 138 valence electrons. The van der Waals surface area contributed by atoms with E-state index in [1.165, 1.54) is 0 Å². The van der Waals surface area contributed by atoms with Crippen molar-refractivity contribution in [1.29, 1.82) is 0 Å². The van der Waals surface area contributed by atoms with Crippen molar-refractivity contribution in [2.45, 2.75) is 38.3 Å². The number of fused-ring (bicyclic) bond motifs is 1. The first-order valence-electron chi connectivity index (χ1n) is 8.62. The first-order chi connectivity index (χ1) is 11.8. The molecule has 1 amide bonds. The van der Waals surface area contributed by atoms with Crippen molar-refractivity contribution in [2.24, 2.45) is 0 Å². The van der Waals surface area contributed by atoms with E-state index in [0.717, 1.165) is 24.5 Å². The molecule has 1 aromatic rings. The number of carbonyl (C=O) groups is 1. The summed E-state index contributed by atoms with van der Waals surface area (Å²) in [5.74, 6) is 0.0612. The Balaban J connectivity index is 1.78. The Bertz CT molecular complexity index is 654. The van der Waals surface area contributed by atoms with E-state index in [2.05, 4.69) is 41.2 Å². The quantitative estimate of drug-likeness (QED) is 0.858. The van der Waals surface area contributed by atoms with E-state index in [0.29, 0.717) is 30.9 Å². The van der Waals surface area contributed by atoms with Crippen LogP contribution in [0.4, 0.5) is 5.69 Å². The molecule has 1 aromatic heterocycles. The van der Waals surface area contributed by atoms with Gasteiger partial charge in [0.25, 0.3) is 0 Å².